The Labute approximate surface area is 102 Å². The van der Waals surface area contributed by atoms with Crippen LogP contribution in [-0.2, 0) is 0 Å². The van der Waals surface area contributed by atoms with E-state index in [1.807, 2.05) is 42.6 Å². The number of nitrogens with zero attached hydrogens (tertiary/aromatic N) is 1. The zero-order chi connectivity index (χ0) is 12.5. The third-order valence-electron chi connectivity index (χ3n) is 3.01. The predicted molar refractivity (Wildman–Crippen MR) is 71.9 cm³/mol. The summed E-state index contributed by atoms with van der Waals surface area (Å²) in [5.74, 6) is 0. The summed E-state index contributed by atoms with van der Waals surface area (Å²) >= 11 is 0. The first-order chi connectivity index (χ1) is 8.75. The molecule has 0 N–H and O–H groups in total. The summed E-state index contributed by atoms with van der Waals surface area (Å²) < 4.78 is 7.76. The molecule has 2 aromatic carbocycles. The first-order valence-electron chi connectivity index (χ1n) is 6.17. The van der Waals surface area contributed by atoms with Gasteiger partial charge in [0, 0.05) is 17.1 Å². The van der Waals surface area contributed by atoms with Gasteiger partial charge in [0.1, 0.15) is 0 Å². The van der Waals surface area contributed by atoms with Crippen molar-refractivity contribution in [3.63, 3.8) is 0 Å². The van der Waals surface area contributed by atoms with Gasteiger partial charge in [-0.15, -0.1) is 0 Å². The fourth-order valence-electron chi connectivity index (χ4n) is 2.10. The maximum atomic E-state index is 7.76. The van der Waals surface area contributed by atoms with Crippen LogP contribution in [0.15, 0.2) is 60.8 Å². The van der Waals surface area contributed by atoms with E-state index in [0.717, 1.165) is 22.2 Å². The van der Waals surface area contributed by atoms with E-state index in [4.69, 9.17) is 1.37 Å². The highest BCUT2D eigenvalue weighted by Crippen LogP contribution is 2.28. The summed E-state index contributed by atoms with van der Waals surface area (Å²) in [6, 6.07) is 16.4. The second kappa shape index (κ2) is 4.02. The Hall–Kier alpha value is -2.15. The van der Waals surface area contributed by atoms with Crippen molar-refractivity contribution in [1.82, 2.24) is 4.98 Å². The third kappa shape index (κ3) is 1.70. The molecule has 1 nitrogen and oxygen atoms in total. The Kier molecular flexibility index (Phi) is 2.11. The first kappa shape index (κ1) is 8.94. The Bertz CT molecular complexity index is 714. The highest BCUT2D eigenvalue weighted by molar-refractivity contribution is 5.94. The quantitative estimate of drug-likeness (QED) is 0.598. The lowest BCUT2D eigenvalue weighted by Crippen LogP contribution is -1.88. The minimum absolute atomic E-state index is 0.519. The average molecular weight is 220 g/mol. The van der Waals surface area contributed by atoms with Crippen LogP contribution in [0, 0.1) is 6.92 Å². The van der Waals surface area contributed by atoms with Gasteiger partial charge in [-0.2, -0.15) is 0 Å². The minimum atomic E-state index is 0.519. The van der Waals surface area contributed by atoms with E-state index >= 15 is 0 Å². The van der Waals surface area contributed by atoms with Crippen LogP contribution in [0.3, 0.4) is 0 Å². The maximum Gasteiger partial charge on any atom is 0.0782 e. The van der Waals surface area contributed by atoms with Crippen molar-refractivity contribution in [2.24, 2.45) is 0 Å². The Balaban J connectivity index is 2.35. The zero-order valence-electron chi connectivity index (χ0n) is 10.6. The lowest BCUT2D eigenvalue weighted by molar-refractivity contribution is 1.33. The van der Waals surface area contributed by atoms with Crippen LogP contribution >= 0.6 is 0 Å². The van der Waals surface area contributed by atoms with Crippen molar-refractivity contribution in [2.45, 2.75) is 6.92 Å². The molecule has 0 aliphatic carbocycles. The van der Waals surface area contributed by atoms with Gasteiger partial charge in [0.2, 0.25) is 0 Å². The van der Waals surface area contributed by atoms with Crippen LogP contribution in [0.2, 0.25) is 0 Å². The van der Waals surface area contributed by atoms with E-state index in [9.17, 15) is 0 Å². The van der Waals surface area contributed by atoms with Crippen molar-refractivity contribution in [3.8, 4) is 11.3 Å². The molecule has 0 atom stereocenters. The molecule has 0 aliphatic rings. The molecule has 0 fully saturated rings. The third-order valence-corrected chi connectivity index (χ3v) is 3.01. The Morgan fingerprint density at radius 1 is 1.00 bits per heavy atom. The SMILES string of the molecule is [2H]c1ccc(C)c(-c2nccc3ccccc23)c1. The summed E-state index contributed by atoms with van der Waals surface area (Å²) in [4.78, 5) is 4.50. The first-order valence-corrected chi connectivity index (χ1v) is 5.67. The van der Waals surface area contributed by atoms with Crippen molar-refractivity contribution in [3.05, 3.63) is 66.3 Å². The van der Waals surface area contributed by atoms with Gasteiger partial charge in [-0.05, 0) is 23.9 Å². The smallest absolute Gasteiger partial charge is 0.0782 e. The second-order valence-electron chi connectivity index (χ2n) is 4.12. The molecule has 0 aliphatic heterocycles. The number of rotatable bonds is 1. The molecule has 0 amide bonds. The number of fused-ring (bicyclic) bond motifs is 1. The molecule has 0 unspecified atom stereocenters. The molecule has 17 heavy (non-hydrogen) atoms. The summed E-state index contributed by atoms with van der Waals surface area (Å²) in [5, 5.41) is 2.31. The van der Waals surface area contributed by atoms with E-state index in [2.05, 4.69) is 24.0 Å². The lowest BCUT2D eigenvalue weighted by Gasteiger charge is -2.08. The molecule has 3 aromatic rings. The standard InChI is InChI=1S/C16H13N/c1-12-6-2-4-8-14(12)16-15-9-5-3-7-13(15)10-11-17-16/h2-11H,1H3/i4D. The molecular formula is C16H13N. The molecule has 0 saturated heterocycles. The van der Waals surface area contributed by atoms with Gasteiger partial charge in [-0.1, -0.05) is 48.5 Å². The van der Waals surface area contributed by atoms with Crippen molar-refractivity contribution >= 4 is 10.8 Å². The average Bonchev–Trinajstić information content (AvgIpc) is 2.41. The van der Waals surface area contributed by atoms with Gasteiger partial charge in [0.05, 0.1) is 7.06 Å². The number of benzene rings is 2. The zero-order valence-corrected chi connectivity index (χ0v) is 9.64. The van der Waals surface area contributed by atoms with Gasteiger partial charge in [-0.25, -0.2) is 0 Å². The summed E-state index contributed by atoms with van der Waals surface area (Å²) in [6.45, 7) is 2.05. The van der Waals surface area contributed by atoms with Gasteiger partial charge in [0.25, 0.3) is 0 Å². The van der Waals surface area contributed by atoms with Crippen molar-refractivity contribution in [2.75, 3.05) is 0 Å². The number of pyridine rings is 1. The molecule has 1 heteroatoms. The van der Waals surface area contributed by atoms with Gasteiger partial charge >= 0.3 is 0 Å². The molecule has 82 valence electrons. The number of hydrogen-bond donors (Lipinski definition) is 0. The van der Waals surface area contributed by atoms with Crippen LogP contribution in [-0.4, -0.2) is 4.98 Å². The molecule has 0 radical (unpaired) electrons. The van der Waals surface area contributed by atoms with Gasteiger partial charge in [-0.3, -0.25) is 4.98 Å². The number of hydrogen-bond acceptors (Lipinski definition) is 1. The van der Waals surface area contributed by atoms with Crippen LogP contribution in [0.1, 0.15) is 6.93 Å². The highest BCUT2D eigenvalue weighted by Gasteiger charge is 2.06. The largest absolute Gasteiger partial charge is 0.256 e. The van der Waals surface area contributed by atoms with Crippen molar-refractivity contribution in [1.29, 1.82) is 0 Å². The topological polar surface area (TPSA) is 12.9 Å². The number of aromatic nitrogens is 1. The molecule has 1 heterocycles. The highest BCUT2D eigenvalue weighted by atomic mass is 14.7. The number of aryl methyl sites for hydroxylation is 1. The molecule has 0 bridgehead atoms. The van der Waals surface area contributed by atoms with E-state index in [0.29, 0.717) is 6.04 Å². The molecular weight excluding hydrogens is 206 g/mol. The van der Waals surface area contributed by atoms with E-state index in [-0.39, 0.29) is 0 Å². The molecule has 0 saturated carbocycles. The summed E-state index contributed by atoms with van der Waals surface area (Å²) in [5.41, 5.74) is 3.15. The van der Waals surface area contributed by atoms with Crippen LogP contribution in [0.4, 0.5) is 0 Å². The Morgan fingerprint density at radius 2 is 1.88 bits per heavy atom. The normalized spacial score (nSPS) is 11.5. The van der Waals surface area contributed by atoms with E-state index in [1.165, 1.54) is 5.39 Å². The lowest BCUT2D eigenvalue weighted by atomic mass is 10.0. The molecule has 1 aromatic heterocycles. The molecule has 3 rings (SSSR count). The van der Waals surface area contributed by atoms with E-state index < -0.39 is 0 Å². The van der Waals surface area contributed by atoms with E-state index in [1.54, 1.807) is 0 Å². The van der Waals surface area contributed by atoms with Crippen LogP contribution in [0.25, 0.3) is 22.0 Å². The van der Waals surface area contributed by atoms with Crippen molar-refractivity contribution < 1.29 is 1.37 Å². The van der Waals surface area contributed by atoms with Gasteiger partial charge in [0.15, 0.2) is 0 Å². The molecule has 0 spiro atoms. The fourth-order valence-corrected chi connectivity index (χ4v) is 2.10. The van der Waals surface area contributed by atoms with Gasteiger partial charge < -0.3 is 0 Å². The summed E-state index contributed by atoms with van der Waals surface area (Å²) in [7, 11) is 0. The monoisotopic (exact) mass is 220 g/mol. The second-order valence-corrected chi connectivity index (χ2v) is 4.12. The summed E-state index contributed by atoms with van der Waals surface area (Å²) in [6.07, 6.45) is 1.83. The van der Waals surface area contributed by atoms with Crippen LogP contribution < -0.4 is 0 Å². The maximum absolute atomic E-state index is 7.76. The fraction of sp³-hybridized carbons (Fsp3) is 0.0625. The minimum Gasteiger partial charge on any atom is -0.256 e. The van der Waals surface area contributed by atoms with Crippen LogP contribution in [0.5, 0.6) is 0 Å². The predicted octanol–water partition coefficient (Wildman–Crippen LogP) is 4.21. The Morgan fingerprint density at radius 3 is 2.82 bits per heavy atom.